The molecule has 1 aromatic rings. The van der Waals surface area contributed by atoms with Crippen molar-refractivity contribution in [2.45, 2.75) is 19.8 Å². The Morgan fingerprint density at radius 1 is 1.33 bits per heavy atom. The number of hydrogen-bond donors (Lipinski definition) is 2. The Morgan fingerprint density at radius 2 is 2.08 bits per heavy atom. The minimum Gasteiger partial charge on any atom is -0.546 e. The number of nitrogens with zero attached hydrogens (tertiary/aromatic N) is 1. The predicted molar refractivity (Wildman–Crippen MR) is 88.3 cm³/mol. The maximum Gasteiger partial charge on any atom is 0.329 e. The molecule has 0 aliphatic rings. The van der Waals surface area contributed by atoms with Crippen LogP contribution in [0.4, 0.5) is 0 Å². The zero-order chi connectivity index (χ0) is 17.9. The summed E-state index contributed by atoms with van der Waals surface area (Å²) in [6.45, 7) is 1.77. The van der Waals surface area contributed by atoms with Gasteiger partial charge in [0.25, 0.3) is 0 Å². The average molecular weight is 399 g/mol. The standard InChI is InChI=1S/C15H18BrN3O5/c1-2-3-6-17-14(22)15(23)19-18-8-10-7-11(16)4-5-12(10)24-9-13(20)21/h4-5,7-8H,2-3,6,9H2,1H3,(H,17,22)(H,19,23)(H,20,21)/p-1/b18-8-. The molecule has 8 nitrogen and oxygen atoms in total. The van der Waals surface area contributed by atoms with E-state index in [1.165, 1.54) is 12.3 Å². The van der Waals surface area contributed by atoms with Gasteiger partial charge >= 0.3 is 11.8 Å². The molecule has 0 aliphatic carbocycles. The summed E-state index contributed by atoms with van der Waals surface area (Å²) >= 11 is 3.26. The van der Waals surface area contributed by atoms with Gasteiger partial charge in [-0.1, -0.05) is 29.3 Å². The number of carbonyl (C=O) groups excluding carboxylic acids is 3. The number of carboxylic acids is 1. The fourth-order valence-electron chi connectivity index (χ4n) is 1.56. The lowest BCUT2D eigenvalue weighted by Crippen LogP contribution is -2.38. The Morgan fingerprint density at radius 3 is 2.75 bits per heavy atom. The number of carbonyl (C=O) groups is 3. The molecule has 0 aromatic heterocycles. The highest BCUT2D eigenvalue weighted by Gasteiger charge is 2.11. The molecule has 1 aromatic carbocycles. The summed E-state index contributed by atoms with van der Waals surface area (Å²) in [6, 6.07) is 4.80. The maximum absolute atomic E-state index is 11.5. The van der Waals surface area contributed by atoms with Gasteiger partial charge in [0, 0.05) is 16.6 Å². The molecule has 130 valence electrons. The van der Waals surface area contributed by atoms with Gasteiger partial charge in [-0.15, -0.1) is 0 Å². The molecule has 0 radical (unpaired) electrons. The Bertz CT molecular complexity index is 634. The number of aliphatic carboxylic acids is 1. The molecule has 0 saturated heterocycles. The van der Waals surface area contributed by atoms with Gasteiger partial charge in [-0.05, 0) is 24.6 Å². The van der Waals surface area contributed by atoms with Crippen LogP contribution in [-0.4, -0.2) is 37.1 Å². The minimum atomic E-state index is -1.36. The number of amides is 2. The molecule has 0 aliphatic heterocycles. The first-order chi connectivity index (χ1) is 11.4. The Kier molecular flexibility index (Phi) is 8.48. The summed E-state index contributed by atoms with van der Waals surface area (Å²) in [5, 5.41) is 16.6. The smallest absolute Gasteiger partial charge is 0.329 e. The summed E-state index contributed by atoms with van der Waals surface area (Å²) < 4.78 is 5.76. The van der Waals surface area contributed by atoms with E-state index in [1.54, 1.807) is 12.1 Å². The van der Waals surface area contributed by atoms with Crippen LogP contribution >= 0.6 is 15.9 Å². The third kappa shape index (κ3) is 7.23. The minimum absolute atomic E-state index is 0.243. The van der Waals surface area contributed by atoms with E-state index in [-0.39, 0.29) is 5.75 Å². The predicted octanol–water partition coefficient (Wildman–Crippen LogP) is -0.0558. The Balaban J connectivity index is 2.65. The Labute approximate surface area is 147 Å². The second-order valence-corrected chi connectivity index (χ2v) is 5.57. The van der Waals surface area contributed by atoms with Gasteiger partial charge < -0.3 is 20.0 Å². The average Bonchev–Trinajstić information content (AvgIpc) is 2.53. The SMILES string of the molecule is CCCCNC(=O)C(=O)N/N=C\c1cc(Br)ccc1OCC(=O)[O-]. The van der Waals surface area contributed by atoms with E-state index in [9.17, 15) is 19.5 Å². The van der Waals surface area contributed by atoms with Crippen molar-refractivity contribution >= 4 is 39.9 Å². The van der Waals surface area contributed by atoms with Gasteiger partial charge in [-0.2, -0.15) is 5.10 Å². The summed E-state index contributed by atoms with van der Waals surface area (Å²) in [4.78, 5) is 33.4. The molecule has 0 atom stereocenters. The lowest BCUT2D eigenvalue weighted by atomic mass is 10.2. The van der Waals surface area contributed by atoms with Crippen LogP contribution in [0, 0.1) is 0 Å². The number of benzene rings is 1. The number of carboxylic acid groups (broad SMARTS) is 1. The molecule has 0 saturated carbocycles. The van der Waals surface area contributed by atoms with Crippen molar-refractivity contribution in [2.75, 3.05) is 13.2 Å². The lowest BCUT2D eigenvalue weighted by molar-refractivity contribution is -0.307. The summed E-state index contributed by atoms with van der Waals surface area (Å²) in [6.07, 6.45) is 2.92. The zero-order valence-corrected chi connectivity index (χ0v) is 14.6. The quantitative estimate of drug-likeness (QED) is 0.275. The van der Waals surface area contributed by atoms with Crippen LogP contribution in [0.5, 0.6) is 5.75 Å². The van der Waals surface area contributed by atoms with E-state index in [2.05, 4.69) is 31.8 Å². The maximum atomic E-state index is 11.5. The first kappa shape index (κ1) is 19.6. The van der Waals surface area contributed by atoms with E-state index in [4.69, 9.17) is 4.74 Å². The highest BCUT2D eigenvalue weighted by Crippen LogP contribution is 2.21. The molecule has 9 heteroatoms. The zero-order valence-electron chi connectivity index (χ0n) is 13.0. The summed E-state index contributed by atoms with van der Waals surface area (Å²) in [5.41, 5.74) is 2.50. The van der Waals surface area contributed by atoms with Gasteiger partial charge in [0.1, 0.15) is 12.4 Å². The van der Waals surface area contributed by atoms with Gasteiger partial charge in [-0.3, -0.25) is 9.59 Å². The number of unbranched alkanes of at least 4 members (excludes halogenated alkanes) is 1. The van der Waals surface area contributed by atoms with Gasteiger partial charge in [0.2, 0.25) is 0 Å². The van der Waals surface area contributed by atoms with Gasteiger partial charge in [0.05, 0.1) is 12.2 Å². The van der Waals surface area contributed by atoms with Gasteiger partial charge in [0.15, 0.2) is 0 Å². The molecule has 0 bridgehead atoms. The van der Waals surface area contributed by atoms with Crippen LogP contribution in [0.25, 0.3) is 0 Å². The largest absolute Gasteiger partial charge is 0.546 e. The normalized spacial score (nSPS) is 10.4. The van der Waals surface area contributed by atoms with Crippen molar-refractivity contribution in [3.63, 3.8) is 0 Å². The second kappa shape index (κ2) is 10.4. The van der Waals surface area contributed by atoms with Crippen LogP contribution < -0.4 is 20.6 Å². The van der Waals surface area contributed by atoms with Crippen LogP contribution in [-0.2, 0) is 14.4 Å². The molecular weight excluding hydrogens is 382 g/mol. The molecule has 0 unspecified atom stereocenters. The molecule has 0 fully saturated rings. The van der Waals surface area contributed by atoms with Crippen LogP contribution in [0.2, 0.25) is 0 Å². The third-order valence-electron chi connectivity index (χ3n) is 2.71. The van der Waals surface area contributed by atoms with Crippen molar-refractivity contribution in [2.24, 2.45) is 5.10 Å². The van der Waals surface area contributed by atoms with E-state index >= 15 is 0 Å². The van der Waals surface area contributed by atoms with Crippen molar-refractivity contribution < 1.29 is 24.2 Å². The molecule has 0 heterocycles. The third-order valence-corrected chi connectivity index (χ3v) is 3.20. The highest BCUT2D eigenvalue weighted by atomic mass is 79.9. The van der Waals surface area contributed by atoms with Crippen LogP contribution in [0.1, 0.15) is 25.3 Å². The molecule has 0 spiro atoms. The molecule has 24 heavy (non-hydrogen) atoms. The van der Waals surface area contributed by atoms with Crippen molar-refractivity contribution in [1.82, 2.24) is 10.7 Å². The van der Waals surface area contributed by atoms with Crippen molar-refractivity contribution in [1.29, 1.82) is 0 Å². The fraction of sp³-hybridized carbons (Fsp3) is 0.333. The second-order valence-electron chi connectivity index (χ2n) is 4.65. The van der Waals surface area contributed by atoms with E-state index in [0.717, 1.165) is 12.8 Å². The summed E-state index contributed by atoms with van der Waals surface area (Å²) in [7, 11) is 0. The topological polar surface area (TPSA) is 120 Å². The monoisotopic (exact) mass is 398 g/mol. The van der Waals surface area contributed by atoms with E-state index in [1.807, 2.05) is 6.92 Å². The molecular formula is C15H17BrN3O5-. The number of hydrazone groups is 1. The Hall–Kier alpha value is -2.42. The fourth-order valence-corrected chi connectivity index (χ4v) is 1.94. The molecule has 2 N–H and O–H groups in total. The number of halogens is 1. The van der Waals surface area contributed by atoms with Crippen LogP contribution in [0.3, 0.4) is 0 Å². The van der Waals surface area contributed by atoms with Crippen LogP contribution in [0.15, 0.2) is 27.8 Å². The molecule has 1 rings (SSSR count). The van der Waals surface area contributed by atoms with Gasteiger partial charge in [-0.25, -0.2) is 5.43 Å². The number of ether oxygens (including phenoxy) is 1. The number of rotatable bonds is 8. The highest BCUT2D eigenvalue weighted by molar-refractivity contribution is 9.10. The first-order valence-corrected chi connectivity index (χ1v) is 7.96. The van der Waals surface area contributed by atoms with Crippen molar-refractivity contribution in [3.05, 3.63) is 28.2 Å². The van der Waals surface area contributed by atoms with Crippen molar-refractivity contribution in [3.8, 4) is 5.75 Å². The van der Waals surface area contributed by atoms with E-state index in [0.29, 0.717) is 16.6 Å². The lowest BCUT2D eigenvalue weighted by Gasteiger charge is -2.09. The number of nitrogens with one attached hydrogen (secondary N) is 2. The first-order valence-electron chi connectivity index (χ1n) is 7.17. The summed E-state index contributed by atoms with van der Waals surface area (Å²) in [5.74, 6) is -2.79. The molecule has 2 amide bonds. The van der Waals surface area contributed by atoms with E-state index < -0.39 is 24.4 Å². The number of hydrogen-bond acceptors (Lipinski definition) is 6.